The van der Waals surface area contributed by atoms with E-state index < -0.39 is 0 Å². The molecule has 0 aromatic heterocycles. The highest BCUT2D eigenvalue weighted by molar-refractivity contribution is 4.36. The molecule has 0 aliphatic carbocycles. The zero-order valence-corrected chi connectivity index (χ0v) is 8.17. The van der Waals surface area contributed by atoms with Crippen LogP contribution in [0, 0.1) is 0 Å². The van der Waals surface area contributed by atoms with Crippen LogP contribution in [-0.4, -0.2) is 26.4 Å². The Morgan fingerprint density at radius 1 is 0.833 bits per heavy atom. The van der Waals surface area contributed by atoms with E-state index >= 15 is 0 Å². The standard InChI is InChI=1S/C9H20O3/c1-3-7-10-8-5-6-9-12-11-4-2/h3-9H2,1-2H3. The van der Waals surface area contributed by atoms with Gasteiger partial charge in [0.05, 0.1) is 13.2 Å². The molecule has 0 amide bonds. The minimum absolute atomic E-state index is 0.617. The Bertz CT molecular complexity index is 66.2. The van der Waals surface area contributed by atoms with Gasteiger partial charge in [-0.1, -0.05) is 6.92 Å². The lowest BCUT2D eigenvalue weighted by Gasteiger charge is -2.02. The van der Waals surface area contributed by atoms with Crippen molar-refractivity contribution in [2.45, 2.75) is 33.1 Å². The molecule has 0 heterocycles. The summed E-state index contributed by atoms with van der Waals surface area (Å²) >= 11 is 0. The molecule has 0 rings (SSSR count). The number of ether oxygens (including phenoxy) is 1. The van der Waals surface area contributed by atoms with Gasteiger partial charge in [-0.2, -0.15) is 0 Å². The molecular formula is C9H20O3. The molecule has 12 heavy (non-hydrogen) atoms. The lowest BCUT2D eigenvalue weighted by Crippen LogP contribution is -2.00. The number of unbranched alkanes of at least 4 members (excludes halogenated alkanes) is 1. The first-order valence-corrected chi connectivity index (χ1v) is 4.74. The number of hydrogen-bond donors (Lipinski definition) is 0. The van der Waals surface area contributed by atoms with Crippen molar-refractivity contribution in [1.29, 1.82) is 0 Å². The Hall–Kier alpha value is -0.120. The molecule has 0 saturated heterocycles. The summed E-state index contributed by atoms with van der Waals surface area (Å²) in [6.07, 6.45) is 3.15. The summed E-state index contributed by atoms with van der Waals surface area (Å²) in [4.78, 5) is 9.55. The van der Waals surface area contributed by atoms with Gasteiger partial charge >= 0.3 is 0 Å². The smallest absolute Gasteiger partial charge is 0.0823 e. The second kappa shape index (κ2) is 10.9. The van der Waals surface area contributed by atoms with Crippen LogP contribution < -0.4 is 0 Å². The molecule has 3 heteroatoms. The molecule has 0 unspecified atom stereocenters. The fourth-order valence-electron chi connectivity index (χ4n) is 0.754. The Morgan fingerprint density at radius 3 is 2.25 bits per heavy atom. The van der Waals surface area contributed by atoms with Crippen LogP contribution in [0.5, 0.6) is 0 Å². The lowest BCUT2D eigenvalue weighted by molar-refractivity contribution is -0.291. The Balaban J connectivity index is 2.73. The molecule has 0 atom stereocenters. The Labute approximate surface area is 74.9 Å². The summed E-state index contributed by atoms with van der Waals surface area (Å²) in [6.45, 7) is 7.01. The molecule has 0 N–H and O–H groups in total. The second-order valence-electron chi connectivity index (χ2n) is 2.55. The molecule has 0 aromatic carbocycles. The predicted molar refractivity (Wildman–Crippen MR) is 47.9 cm³/mol. The summed E-state index contributed by atoms with van der Waals surface area (Å²) in [5.74, 6) is 0. The molecule has 0 spiro atoms. The van der Waals surface area contributed by atoms with Gasteiger partial charge < -0.3 is 4.74 Å². The van der Waals surface area contributed by atoms with Crippen molar-refractivity contribution in [1.82, 2.24) is 0 Å². The Kier molecular flexibility index (Phi) is 10.8. The topological polar surface area (TPSA) is 27.7 Å². The first-order valence-electron chi connectivity index (χ1n) is 4.74. The average molecular weight is 176 g/mol. The largest absolute Gasteiger partial charge is 0.381 e. The molecule has 0 aliphatic rings. The third kappa shape index (κ3) is 9.88. The van der Waals surface area contributed by atoms with Gasteiger partial charge in [0.2, 0.25) is 0 Å². The molecule has 0 aromatic rings. The van der Waals surface area contributed by atoms with Crippen molar-refractivity contribution in [3.05, 3.63) is 0 Å². The second-order valence-corrected chi connectivity index (χ2v) is 2.55. The highest BCUT2D eigenvalue weighted by Gasteiger charge is 1.89. The fraction of sp³-hybridized carbons (Fsp3) is 1.00. The zero-order valence-electron chi connectivity index (χ0n) is 8.17. The third-order valence-electron chi connectivity index (χ3n) is 1.32. The van der Waals surface area contributed by atoms with Gasteiger partial charge in [-0.25, -0.2) is 9.78 Å². The van der Waals surface area contributed by atoms with Gasteiger partial charge in [0.15, 0.2) is 0 Å². The van der Waals surface area contributed by atoms with Crippen molar-refractivity contribution in [2.24, 2.45) is 0 Å². The SMILES string of the molecule is CCCOCCCCOOCC. The van der Waals surface area contributed by atoms with Crippen molar-refractivity contribution in [3.8, 4) is 0 Å². The Morgan fingerprint density at radius 2 is 1.58 bits per heavy atom. The van der Waals surface area contributed by atoms with Crippen molar-refractivity contribution < 1.29 is 14.5 Å². The molecule has 0 radical (unpaired) electrons. The van der Waals surface area contributed by atoms with E-state index in [1.165, 1.54) is 0 Å². The van der Waals surface area contributed by atoms with Gasteiger partial charge in [-0.05, 0) is 26.2 Å². The van der Waals surface area contributed by atoms with E-state index in [0.29, 0.717) is 13.2 Å². The van der Waals surface area contributed by atoms with Crippen LogP contribution in [-0.2, 0) is 14.5 Å². The van der Waals surface area contributed by atoms with Crippen LogP contribution in [0.3, 0.4) is 0 Å². The summed E-state index contributed by atoms with van der Waals surface area (Å²) in [5, 5.41) is 0. The van der Waals surface area contributed by atoms with Gasteiger partial charge in [0, 0.05) is 13.2 Å². The summed E-state index contributed by atoms with van der Waals surface area (Å²) in [6, 6.07) is 0. The maximum Gasteiger partial charge on any atom is 0.0823 e. The highest BCUT2D eigenvalue weighted by Crippen LogP contribution is 1.92. The van der Waals surface area contributed by atoms with Gasteiger partial charge in [-0.15, -0.1) is 0 Å². The molecule has 0 fully saturated rings. The fourth-order valence-corrected chi connectivity index (χ4v) is 0.754. The van der Waals surface area contributed by atoms with E-state index in [0.717, 1.165) is 32.5 Å². The average Bonchev–Trinajstić information content (AvgIpc) is 2.10. The third-order valence-corrected chi connectivity index (χ3v) is 1.32. The summed E-state index contributed by atoms with van der Waals surface area (Å²) in [7, 11) is 0. The number of rotatable bonds is 9. The van der Waals surface area contributed by atoms with E-state index in [1.54, 1.807) is 0 Å². The summed E-state index contributed by atoms with van der Waals surface area (Å²) < 4.78 is 5.29. The van der Waals surface area contributed by atoms with Gasteiger partial charge in [0.1, 0.15) is 0 Å². The minimum Gasteiger partial charge on any atom is -0.381 e. The van der Waals surface area contributed by atoms with Crippen LogP contribution in [0.1, 0.15) is 33.1 Å². The first-order chi connectivity index (χ1) is 5.91. The van der Waals surface area contributed by atoms with E-state index in [1.807, 2.05) is 6.92 Å². The highest BCUT2D eigenvalue weighted by atomic mass is 17.2. The van der Waals surface area contributed by atoms with E-state index in [9.17, 15) is 0 Å². The maximum atomic E-state index is 5.29. The van der Waals surface area contributed by atoms with E-state index in [4.69, 9.17) is 14.5 Å². The van der Waals surface area contributed by atoms with Crippen LogP contribution in [0.2, 0.25) is 0 Å². The maximum absolute atomic E-state index is 5.29. The van der Waals surface area contributed by atoms with Crippen molar-refractivity contribution in [3.63, 3.8) is 0 Å². The van der Waals surface area contributed by atoms with Gasteiger partial charge in [-0.3, -0.25) is 0 Å². The minimum atomic E-state index is 0.617. The molecule has 74 valence electrons. The molecule has 0 aliphatic heterocycles. The quantitative estimate of drug-likeness (QED) is 0.306. The van der Waals surface area contributed by atoms with Crippen LogP contribution in [0.25, 0.3) is 0 Å². The molecule has 0 saturated carbocycles. The monoisotopic (exact) mass is 176 g/mol. The van der Waals surface area contributed by atoms with Gasteiger partial charge in [0.25, 0.3) is 0 Å². The van der Waals surface area contributed by atoms with Crippen LogP contribution in [0.15, 0.2) is 0 Å². The van der Waals surface area contributed by atoms with Crippen LogP contribution >= 0.6 is 0 Å². The van der Waals surface area contributed by atoms with E-state index in [-0.39, 0.29) is 0 Å². The zero-order chi connectivity index (χ0) is 9.07. The van der Waals surface area contributed by atoms with Crippen molar-refractivity contribution in [2.75, 3.05) is 26.4 Å². The van der Waals surface area contributed by atoms with E-state index in [2.05, 4.69) is 6.92 Å². The molecule has 3 nitrogen and oxygen atoms in total. The van der Waals surface area contributed by atoms with Crippen molar-refractivity contribution >= 4 is 0 Å². The molecule has 0 bridgehead atoms. The first kappa shape index (κ1) is 11.9. The normalized spacial score (nSPS) is 10.5. The lowest BCUT2D eigenvalue weighted by atomic mass is 10.3. The number of hydrogen-bond acceptors (Lipinski definition) is 3. The van der Waals surface area contributed by atoms with Crippen LogP contribution in [0.4, 0.5) is 0 Å². The summed E-state index contributed by atoms with van der Waals surface area (Å²) in [5.41, 5.74) is 0. The molecular weight excluding hydrogens is 156 g/mol. The predicted octanol–water partition coefficient (Wildman–Crippen LogP) is 2.16.